The maximum Gasteiger partial charge on any atom is 0.490 e. The third-order valence-electron chi connectivity index (χ3n) is 5.12. The van der Waals surface area contributed by atoms with Gasteiger partial charge in [-0.3, -0.25) is 9.79 Å². The van der Waals surface area contributed by atoms with Crippen LogP contribution in [0.5, 0.6) is 5.88 Å². The molecule has 0 bridgehead atoms. The van der Waals surface area contributed by atoms with Gasteiger partial charge in [-0.15, -0.1) is 0 Å². The number of aliphatic carboxylic acids is 1. The molecule has 0 radical (unpaired) electrons. The SMILES string of the molecule is C[C@@]1(c2cc(CC(=O)c3cnc(OCC4=NC=CC4)cn3)ccc2F)C=CSC(N)=N1.O=C(O)C(F)(F)F. The minimum atomic E-state index is -5.08. The molecule has 0 aliphatic carbocycles. The maximum atomic E-state index is 14.5. The molecule has 0 saturated heterocycles. The number of carbonyl (C=O) groups is 2. The Labute approximate surface area is 218 Å². The van der Waals surface area contributed by atoms with Crippen molar-refractivity contribution in [2.24, 2.45) is 15.7 Å². The normalized spacial score (nSPS) is 18.2. The number of rotatable bonds is 7. The molecule has 38 heavy (non-hydrogen) atoms. The lowest BCUT2D eigenvalue weighted by Crippen LogP contribution is -2.25. The van der Waals surface area contributed by atoms with E-state index in [2.05, 4.69) is 20.0 Å². The topological polar surface area (TPSA) is 140 Å². The Morgan fingerprint density at radius 1 is 1.24 bits per heavy atom. The molecule has 14 heteroatoms. The van der Waals surface area contributed by atoms with Crippen LogP contribution in [0.1, 0.15) is 35.0 Å². The first-order chi connectivity index (χ1) is 17.9. The summed E-state index contributed by atoms with van der Waals surface area (Å²) in [5.74, 6) is -3.08. The summed E-state index contributed by atoms with van der Waals surface area (Å²) in [6.07, 6.45) is 3.99. The van der Waals surface area contributed by atoms with Gasteiger partial charge in [-0.05, 0) is 36.1 Å². The minimum Gasteiger partial charge on any atom is -0.475 e. The first kappa shape index (κ1) is 28.5. The second kappa shape index (κ2) is 12.0. The van der Waals surface area contributed by atoms with Gasteiger partial charge in [0, 0.05) is 24.6 Å². The van der Waals surface area contributed by atoms with Crippen molar-refractivity contribution in [2.45, 2.75) is 31.5 Å². The number of aliphatic imine (C=N–C) groups is 2. The van der Waals surface area contributed by atoms with E-state index in [-0.39, 0.29) is 17.9 Å². The van der Waals surface area contributed by atoms with Crippen molar-refractivity contribution in [1.29, 1.82) is 0 Å². The summed E-state index contributed by atoms with van der Waals surface area (Å²) in [4.78, 5) is 38.4. The summed E-state index contributed by atoms with van der Waals surface area (Å²) < 4.78 is 51.8. The number of carbonyl (C=O) groups excluding carboxylic acids is 1. The molecule has 200 valence electrons. The second-order valence-corrected chi connectivity index (χ2v) is 8.97. The number of nitrogens with zero attached hydrogens (tertiary/aromatic N) is 4. The van der Waals surface area contributed by atoms with Crippen LogP contribution in [0.25, 0.3) is 0 Å². The molecule has 1 atom stereocenters. The Balaban J connectivity index is 0.000000505. The predicted octanol–water partition coefficient (Wildman–Crippen LogP) is 4.20. The largest absolute Gasteiger partial charge is 0.490 e. The van der Waals surface area contributed by atoms with Gasteiger partial charge in [-0.1, -0.05) is 23.9 Å². The quantitative estimate of drug-likeness (QED) is 0.386. The van der Waals surface area contributed by atoms with Gasteiger partial charge in [-0.2, -0.15) is 13.2 Å². The molecular formula is C24H21F4N5O4S. The molecule has 0 fully saturated rings. The number of carboxylic acids is 1. The maximum absolute atomic E-state index is 14.5. The number of hydrogen-bond donors (Lipinski definition) is 2. The molecule has 4 rings (SSSR count). The van der Waals surface area contributed by atoms with Crippen molar-refractivity contribution in [3.8, 4) is 5.88 Å². The van der Waals surface area contributed by atoms with Crippen LogP contribution in [0.4, 0.5) is 17.6 Å². The summed E-state index contributed by atoms with van der Waals surface area (Å²) in [6.45, 7) is 2.10. The zero-order valence-corrected chi connectivity index (χ0v) is 20.6. The van der Waals surface area contributed by atoms with Crippen LogP contribution < -0.4 is 10.5 Å². The number of nitrogens with two attached hydrogens (primary N) is 1. The number of alkyl halides is 3. The van der Waals surface area contributed by atoms with Gasteiger partial charge < -0.3 is 15.6 Å². The zero-order chi connectivity index (χ0) is 27.9. The van der Waals surface area contributed by atoms with Gasteiger partial charge in [-0.25, -0.2) is 24.1 Å². The van der Waals surface area contributed by atoms with E-state index in [4.69, 9.17) is 20.4 Å². The molecule has 2 aliphatic rings. The van der Waals surface area contributed by atoms with Crippen molar-refractivity contribution in [3.63, 3.8) is 0 Å². The predicted molar refractivity (Wildman–Crippen MR) is 133 cm³/mol. The van der Waals surface area contributed by atoms with Gasteiger partial charge in [0.1, 0.15) is 23.7 Å². The highest BCUT2D eigenvalue weighted by Gasteiger charge is 2.38. The number of Topliss-reactive ketones (excluding diaryl/α,β-unsaturated/α-hetero) is 1. The highest BCUT2D eigenvalue weighted by atomic mass is 32.2. The standard InChI is InChI=1S/C22H20FN5O2S.C2HF3O2/c1-22(6-8-31-21(24)28-22)16-9-14(4-5-17(16)23)10-19(29)18-11-27-20(12-26-18)30-13-15-3-2-7-25-15;3-2(4,5)1(6)7/h2,4-9,11-12H,3,10,13H2,1H3,(H2,24,28);(H,6,7)/t22-;/m0./s1. The number of amidine groups is 1. The summed E-state index contributed by atoms with van der Waals surface area (Å²) in [5, 5.41) is 9.27. The first-order valence-corrected chi connectivity index (χ1v) is 11.7. The van der Waals surface area contributed by atoms with Crippen molar-refractivity contribution in [1.82, 2.24) is 9.97 Å². The Morgan fingerprint density at radius 2 is 1.97 bits per heavy atom. The molecule has 2 aliphatic heterocycles. The van der Waals surface area contributed by atoms with E-state index in [1.165, 1.54) is 30.2 Å². The van der Waals surface area contributed by atoms with Gasteiger partial charge in [0.15, 0.2) is 11.0 Å². The molecule has 3 heterocycles. The number of ether oxygens (including phenoxy) is 1. The number of carboxylic acid groups (broad SMARTS) is 1. The molecule has 1 aromatic carbocycles. The second-order valence-electron chi connectivity index (χ2n) is 8.05. The van der Waals surface area contributed by atoms with Crippen LogP contribution in [0, 0.1) is 5.82 Å². The number of ketones is 1. The van der Waals surface area contributed by atoms with Crippen LogP contribution >= 0.6 is 11.8 Å². The zero-order valence-electron chi connectivity index (χ0n) is 19.8. The average Bonchev–Trinajstić information content (AvgIpc) is 3.37. The fourth-order valence-corrected chi connectivity index (χ4v) is 3.93. The summed E-state index contributed by atoms with van der Waals surface area (Å²) in [7, 11) is 0. The Kier molecular flexibility index (Phi) is 8.99. The van der Waals surface area contributed by atoms with Crippen LogP contribution in [0.3, 0.4) is 0 Å². The van der Waals surface area contributed by atoms with Crippen LogP contribution in [0.2, 0.25) is 0 Å². The lowest BCUT2D eigenvalue weighted by molar-refractivity contribution is -0.192. The molecule has 1 aromatic heterocycles. The monoisotopic (exact) mass is 551 g/mol. The Morgan fingerprint density at radius 3 is 2.55 bits per heavy atom. The molecule has 0 saturated carbocycles. The Bertz CT molecular complexity index is 1330. The van der Waals surface area contributed by atoms with E-state index < -0.39 is 23.5 Å². The van der Waals surface area contributed by atoms with Crippen molar-refractivity contribution >= 4 is 34.4 Å². The number of thioether (sulfide) groups is 1. The van der Waals surface area contributed by atoms with Gasteiger partial charge in [0.2, 0.25) is 5.88 Å². The first-order valence-electron chi connectivity index (χ1n) is 10.8. The van der Waals surface area contributed by atoms with E-state index in [1.807, 2.05) is 6.08 Å². The molecule has 9 nitrogen and oxygen atoms in total. The van der Waals surface area contributed by atoms with Crippen molar-refractivity contribution in [3.05, 3.63) is 77.0 Å². The van der Waals surface area contributed by atoms with E-state index >= 15 is 0 Å². The number of halogens is 4. The van der Waals surface area contributed by atoms with E-state index in [1.54, 1.807) is 36.7 Å². The minimum absolute atomic E-state index is 0.0539. The van der Waals surface area contributed by atoms with E-state index in [0.717, 1.165) is 12.1 Å². The number of benzene rings is 1. The summed E-state index contributed by atoms with van der Waals surface area (Å²) in [5.41, 5.74) is 7.01. The molecule has 3 N–H and O–H groups in total. The fourth-order valence-electron chi connectivity index (χ4n) is 3.21. The summed E-state index contributed by atoms with van der Waals surface area (Å²) >= 11 is 1.28. The molecule has 0 unspecified atom stereocenters. The van der Waals surface area contributed by atoms with Crippen molar-refractivity contribution < 1.29 is 37.0 Å². The van der Waals surface area contributed by atoms with Crippen molar-refractivity contribution in [2.75, 3.05) is 6.61 Å². The highest BCUT2D eigenvalue weighted by Crippen LogP contribution is 2.34. The summed E-state index contributed by atoms with van der Waals surface area (Å²) in [6, 6.07) is 4.56. The van der Waals surface area contributed by atoms with E-state index in [9.17, 15) is 22.4 Å². The number of hydrogen-bond acceptors (Lipinski definition) is 9. The number of allylic oxidation sites excluding steroid dienone is 1. The Hall–Kier alpha value is -4.07. The third kappa shape index (κ3) is 7.71. The molecule has 0 spiro atoms. The smallest absolute Gasteiger partial charge is 0.475 e. The lowest BCUT2D eigenvalue weighted by Gasteiger charge is -2.26. The van der Waals surface area contributed by atoms with Crippen LogP contribution in [0.15, 0.2) is 64.3 Å². The lowest BCUT2D eigenvalue weighted by atomic mass is 9.90. The van der Waals surface area contributed by atoms with Crippen LogP contribution in [-0.4, -0.2) is 50.5 Å². The molecule has 0 amide bonds. The highest BCUT2D eigenvalue weighted by molar-refractivity contribution is 8.16. The van der Waals surface area contributed by atoms with Gasteiger partial charge >= 0.3 is 12.1 Å². The van der Waals surface area contributed by atoms with E-state index in [0.29, 0.717) is 28.8 Å². The molecule has 2 aromatic rings. The number of aromatic nitrogens is 2. The van der Waals surface area contributed by atoms with Gasteiger partial charge in [0.05, 0.1) is 18.1 Å². The third-order valence-corrected chi connectivity index (χ3v) is 5.73. The molecular weight excluding hydrogens is 530 g/mol. The fraction of sp³-hybridized carbons (Fsp3) is 0.250. The average molecular weight is 552 g/mol. The van der Waals surface area contributed by atoms with Crippen LogP contribution in [-0.2, 0) is 16.8 Å². The van der Waals surface area contributed by atoms with Gasteiger partial charge in [0.25, 0.3) is 0 Å².